The predicted molar refractivity (Wildman–Crippen MR) is 102 cm³/mol. The largest absolute Gasteiger partial charge is 0.673 e. The van der Waals surface area contributed by atoms with Crippen molar-refractivity contribution in [2.75, 3.05) is 13.4 Å². The SMILES string of the molecule is COc1ccc([S+](C)Cc2cccc3ccccc23)cc1.F[B-](F)(F)F. The van der Waals surface area contributed by atoms with Crippen molar-refractivity contribution in [1.29, 1.82) is 0 Å². The van der Waals surface area contributed by atoms with Gasteiger partial charge in [0.2, 0.25) is 0 Å². The number of ether oxygens (including phenoxy) is 1. The van der Waals surface area contributed by atoms with Crippen molar-refractivity contribution in [2.24, 2.45) is 0 Å². The van der Waals surface area contributed by atoms with Crippen LogP contribution in [0, 0.1) is 0 Å². The van der Waals surface area contributed by atoms with Gasteiger partial charge in [-0.2, -0.15) is 0 Å². The molecule has 7 heteroatoms. The molecule has 0 aliphatic heterocycles. The molecule has 0 bridgehead atoms. The third-order valence-corrected chi connectivity index (χ3v) is 5.53. The molecule has 3 aromatic rings. The van der Waals surface area contributed by atoms with Crippen LogP contribution >= 0.6 is 0 Å². The van der Waals surface area contributed by atoms with Crippen molar-refractivity contribution in [3.63, 3.8) is 0 Å². The van der Waals surface area contributed by atoms with Crippen molar-refractivity contribution in [3.05, 3.63) is 72.3 Å². The molecule has 0 N–H and O–H groups in total. The lowest BCUT2D eigenvalue weighted by molar-refractivity contribution is 0.368. The quantitative estimate of drug-likeness (QED) is 0.308. The Morgan fingerprint density at radius 2 is 1.42 bits per heavy atom. The number of hydrogen-bond donors (Lipinski definition) is 0. The normalized spacial score (nSPS) is 12.2. The van der Waals surface area contributed by atoms with Crippen LogP contribution in [0.15, 0.2) is 71.6 Å². The molecule has 138 valence electrons. The van der Waals surface area contributed by atoms with Crippen LogP contribution < -0.4 is 4.74 Å². The summed E-state index contributed by atoms with van der Waals surface area (Å²) in [6.45, 7) is 0. The zero-order valence-corrected chi connectivity index (χ0v) is 15.3. The molecule has 0 saturated heterocycles. The van der Waals surface area contributed by atoms with E-state index in [-0.39, 0.29) is 10.9 Å². The predicted octanol–water partition coefficient (Wildman–Crippen LogP) is 5.96. The number of rotatable bonds is 4. The monoisotopic (exact) mass is 382 g/mol. The van der Waals surface area contributed by atoms with E-state index >= 15 is 0 Å². The Bertz CT molecular complexity index is 826. The summed E-state index contributed by atoms with van der Waals surface area (Å²) >= 11 is 0. The van der Waals surface area contributed by atoms with Gasteiger partial charge in [0.25, 0.3) is 0 Å². The zero-order chi connectivity index (χ0) is 19.2. The molecule has 1 atom stereocenters. The maximum atomic E-state index is 9.75. The van der Waals surface area contributed by atoms with E-state index in [1.165, 1.54) is 21.2 Å². The summed E-state index contributed by atoms with van der Waals surface area (Å²) in [4.78, 5) is 1.38. The van der Waals surface area contributed by atoms with Gasteiger partial charge >= 0.3 is 7.25 Å². The lowest BCUT2D eigenvalue weighted by Gasteiger charge is -2.07. The summed E-state index contributed by atoms with van der Waals surface area (Å²) < 4.78 is 44.2. The second-order valence-corrected chi connectivity index (χ2v) is 7.62. The zero-order valence-electron chi connectivity index (χ0n) is 14.5. The average molecular weight is 382 g/mol. The number of hydrogen-bond acceptors (Lipinski definition) is 1. The third-order valence-electron chi connectivity index (χ3n) is 3.71. The van der Waals surface area contributed by atoms with Crippen LogP contribution in [0.2, 0.25) is 0 Å². The molecule has 0 fully saturated rings. The molecule has 0 saturated carbocycles. The number of methoxy groups -OCH3 is 1. The van der Waals surface area contributed by atoms with Crippen molar-refractivity contribution in [1.82, 2.24) is 0 Å². The number of fused-ring (bicyclic) bond motifs is 1. The van der Waals surface area contributed by atoms with E-state index in [0.29, 0.717) is 0 Å². The Hall–Kier alpha value is -2.15. The Morgan fingerprint density at radius 1 is 0.846 bits per heavy atom. The first kappa shape index (κ1) is 20.2. The van der Waals surface area contributed by atoms with E-state index < -0.39 is 7.25 Å². The van der Waals surface area contributed by atoms with E-state index in [2.05, 4.69) is 60.9 Å². The molecule has 1 unspecified atom stereocenters. The fourth-order valence-electron chi connectivity index (χ4n) is 2.54. The molecule has 0 aliphatic rings. The summed E-state index contributed by atoms with van der Waals surface area (Å²) in [6.07, 6.45) is 2.31. The van der Waals surface area contributed by atoms with Gasteiger partial charge in [-0.3, -0.25) is 0 Å². The Morgan fingerprint density at radius 3 is 2.04 bits per heavy atom. The van der Waals surface area contributed by atoms with Gasteiger partial charge in [0.15, 0.2) is 4.90 Å². The lowest BCUT2D eigenvalue weighted by Crippen LogP contribution is -2.04. The molecule has 0 spiro atoms. The molecular weight excluding hydrogens is 363 g/mol. The first-order valence-corrected chi connectivity index (χ1v) is 9.68. The summed E-state index contributed by atoms with van der Waals surface area (Å²) in [6, 6.07) is 23.6. The lowest BCUT2D eigenvalue weighted by atomic mass is 10.1. The maximum absolute atomic E-state index is 9.75. The second kappa shape index (κ2) is 8.99. The van der Waals surface area contributed by atoms with Gasteiger partial charge in [0.1, 0.15) is 17.8 Å². The number of benzene rings is 3. The smallest absolute Gasteiger partial charge is 0.497 e. The minimum absolute atomic E-state index is 0.194. The Kier molecular flexibility index (Phi) is 6.97. The van der Waals surface area contributed by atoms with E-state index in [1.54, 1.807) is 7.11 Å². The molecule has 0 aromatic heterocycles. The Balaban J connectivity index is 0.000000431. The topological polar surface area (TPSA) is 9.23 Å². The molecule has 3 aromatic carbocycles. The standard InChI is InChI=1S/C19H19OS.BF4/c1-20-17-10-12-18(13-11-17)21(2)14-16-8-5-7-15-6-3-4-9-19(15)16;2-1(3,4)5/h3-13H,14H2,1-2H3;/q+1;-1. The van der Waals surface area contributed by atoms with Crippen molar-refractivity contribution >= 4 is 28.9 Å². The molecule has 0 heterocycles. The third kappa shape index (κ3) is 6.30. The van der Waals surface area contributed by atoms with Crippen LogP contribution in [0.5, 0.6) is 5.75 Å². The van der Waals surface area contributed by atoms with Crippen molar-refractivity contribution in [2.45, 2.75) is 10.6 Å². The van der Waals surface area contributed by atoms with Gasteiger partial charge in [-0.05, 0) is 35.0 Å². The summed E-state index contributed by atoms with van der Waals surface area (Å²) in [5, 5.41) is 2.69. The van der Waals surface area contributed by atoms with Gasteiger partial charge in [-0.15, -0.1) is 0 Å². The van der Waals surface area contributed by atoms with E-state index in [1.807, 2.05) is 12.1 Å². The van der Waals surface area contributed by atoms with Crippen LogP contribution in [0.1, 0.15) is 5.56 Å². The van der Waals surface area contributed by atoms with Gasteiger partial charge in [-0.25, -0.2) is 0 Å². The van der Waals surface area contributed by atoms with Gasteiger partial charge < -0.3 is 22.0 Å². The van der Waals surface area contributed by atoms with Crippen LogP contribution in [0.4, 0.5) is 17.3 Å². The minimum Gasteiger partial charge on any atom is -0.497 e. The van der Waals surface area contributed by atoms with E-state index in [0.717, 1.165) is 11.5 Å². The fourth-order valence-corrected chi connectivity index (χ4v) is 4.03. The average Bonchev–Trinajstić information content (AvgIpc) is 2.61. The van der Waals surface area contributed by atoms with E-state index in [9.17, 15) is 17.3 Å². The van der Waals surface area contributed by atoms with Crippen molar-refractivity contribution in [3.8, 4) is 5.75 Å². The van der Waals surface area contributed by atoms with Crippen LogP contribution in [0.3, 0.4) is 0 Å². The first-order chi connectivity index (χ1) is 12.3. The molecule has 0 aliphatic carbocycles. The minimum atomic E-state index is -6.00. The van der Waals surface area contributed by atoms with Gasteiger partial charge in [-0.1, -0.05) is 42.5 Å². The highest BCUT2D eigenvalue weighted by Crippen LogP contribution is 2.24. The summed E-state index contributed by atoms with van der Waals surface area (Å²) in [5.41, 5.74) is 1.43. The molecule has 26 heavy (non-hydrogen) atoms. The van der Waals surface area contributed by atoms with Crippen molar-refractivity contribution < 1.29 is 22.0 Å². The van der Waals surface area contributed by atoms with Crippen LogP contribution in [-0.2, 0) is 16.6 Å². The summed E-state index contributed by atoms with van der Waals surface area (Å²) in [5.74, 6) is 1.99. The highest BCUT2D eigenvalue weighted by atomic mass is 32.2. The first-order valence-electron chi connectivity index (χ1n) is 7.88. The highest BCUT2D eigenvalue weighted by Gasteiger charge is 2.20. The van der Waals surface area contributed by atoms with Crippen LogP contribution in [0.25, 0.3) is 10.8 Å². The molecular formula is C19H19BF4OS. The van der Waals surface area contributed by atoms with E-state index in [4.69, 9.17) is 4.74 Å². The molecule has 0 amide bonds. The molecule has 0 radical (unpaired) electrons. The Labute approximate surface area is 153 Å². The summed E-state index contributed by atoms with van der Waals surface area (Å²) in [7, 11) is -4.10. The molecule has 3 rings (SSSR count). The number of halogens is 4. The highest BCUT2D eigenvalue weighted by molar-refractivity contribution is 7.95. The van der Waals surface area contributed by atoms with Gasteiger partial charge in [0, 0.05) is 16.5 Å². The molecule has 1 nitrogen and oxygen atoms in total. The van der Waals surface area contributed by atoms with Crippen LogP contribution in [-0.4, -0.2) is 20.6 Å². The fraction of sp³-hybridized carbons (Fsp3) is 0.158. The maximum Gasteiger partial charge on any atom is 0.673 e. The van der Waals surface area contributed by atoms with Gasteiger partial charge in [0.05, 0.1) is 7.11 Å². The second-order valence-electron chi connectivity index (χ2n) is 5.59.